The normalized spacial score (nSPS) is 11.9. The van der Waals surface area contributed by atoms with Crippen molar-refractivity contribution >= 4 is 17.4 Å². The van der Waals surface area contributed by atoms with Crippen molar-refractivity contribution in [2.75, 3.05) is 25.2 Å². The van der Waals surface area contributed by atoms with Crippen molar-refractivity contribution in [3.8, 4) is 5.75 Å². The number of benzene rings is 2. The number of methoxy groups -OCH3 is 1. The van der Waals surface area contributed by atoms with Gasteiger partial charge in [0.05, 0.1) is 13.2 Å². The second-order valence-electron chi connectivity index (χ2n) is 4.40. The molecule has 0 aliphatic carbocycles. The first kappa shape index (κ1) is 14.8. The molecule has 2 aromatic rings. The lowest BCUT2D eigenvalue weighted by Gasteiger charge is -2.14. The molecule has 0 fully saturated rings. The number of ether oxygens (including phenoxy) is 1. The lowest BCUT2D eigenvalue weighted by atomic mass is 10.1. The lowest BCUT2D eigenvalue weighted by Crippen LogP contribution is -2.12. The minimum atomic E-state index is -0.543. The van der Waals surface area contributed by atoms with Crippen LogP contribution in [0.5, 0.6) is 5.75 Å². The maximum Gasteiger partial charge on any atom is 0.118 e. The van der Waals surface area contributed by atoms with E-state index in [9.17, 15) is 5.11 Å². The third-order valence-corrected chi connectivity index (χ3v) is 3.80. The summed E-state index contributed by atoms with van der Waals surface area (Å²) >= 11 is 1.70. The van der Waals surface area contributed by atoms with Gasteiger partial charge in [-0.15, -0.1) is 11.8 Å². The Bertz CT molecular complexity index is 542. The van der Waals surface area contributed by atoms with E-state index in [1.807, 2.05) is 42.7 Å². The molecule has 106 valence electrons. The molecule has 0 bridgehead atoms. The van der Waals surface area contributed by atoms with Crippen LogP contribution in [0, 0.1) is 0 Å². The van der Waals surface area contributed by atoms with Crippen LogP contribution < -0.4 is 10.1 Å². The van der Waals surface area contributed by atoms with E-state index in [-0.39, 0.29) is 0 Å². The molecule has 2 rings (SSSR count). The molecule has 0 amide bonds. The molecule has 0 aliphatic heterocycles. The first-order valence-electron chi connectivity index (χ1n) is 6.43. The van der Waals surface area contributed by atoms with Gasteiger partial charge >= 0.3 is 0 Å². The summed E-state index contributed by atoms with van der Waals surface area (Å²) in [5, 5.41) is 13.4. The van der Waals surface area contributed by atoms with Gasteiger partial charge in [0.15, 0.2) is 0 Å². The second kappa shape index (κ2) is 7.22. The van der Waals surface area contributed by atoms with Crippen LogP contribution in [0.2, 0.25) is 0 Å². The Morgan fingerprint density at radius 2 is 1.95 bits per heavy atom. The van der Waals surface area contributed by atoms with Crippen LogP contribution in [0.15, 0.2) is 53.4 Å². The third-order valence-electron chi connectivity index (χ3n) is 3.07. The highest BCUT2D eigenvalue weighted by molar-refractivity contribution is 7.98. The Morgan fingerprint density at radius 1 is 1.20 bits per heavy atom. The monoisotopic (exact) mass is 289 g/mol. The van der Waals surface area contributed by atoms with E-state index in [2.05, 4.69) is 17.4 Å². The first-order chi connectivity index (χ1) is 9.72. The van der Waals surface area contributed by atoms with E-state index in [1.165, 1.54) is 4.90 Å². The molecule has 1 unspecified atom stereocenters. The van der Waals surface area contributed by atoms with Crippen LogP contribution in [-0.4, -0.2) is 25.0 Å². The zero-order chi connectivity index (χ0) is 14.4. The van der Waals surface area contributed by atoms with Crippen LogP contribution in [0.1, 0.15) is 11.7 Å². The molecule has 0 saturated heterocycles. The van der Waals surface area contributed by atoms with E-state index in [1.54, 1.807) is 18.9 Å². The number of aliphatic hydroxyl groups is 1. The number of rotatable bonds is 6. The molecule has 0 aromatic heterocycles. The molecule has 2 N–H and O–H groups in total. The van der Waals surface area contributed by atoms with Gasteiger partial charge in [-0.2, -0.15) is 0 Å². The zero-order valence-electron chi connectivity index (χ0n) is 11.7. The highest BCUT2D eigenvalue weighted by Gasteiger charge is 2.07. The molecule has 3 nitrogen and oxygen atoms in total. The summed E-state index contributed by atoms with van der Waals surface area (Å²) in [6.45, 7) is 0.476. The van der Waals surface area contributed by atoms with E-state index in [0.29, 0.717) is 6.54 Å². The van der Waals surface area contributed by atoms with Gasteiger partial charge in [0.1, 0.15) is 5.75 Å². The highest BCUT2D eigenvalue weighted by Crippen LogP contribution is 2.21. The number of nitrogens with one attached hydrogen (secondary N) is 1. The number of aliphatic hydroxyl groups excluding tert-OH is 1. The quantitative estimate of drug-likeness (QED) is 0.798. The molecule has 2 aromatic carbocycles. The second-order valence-corrected chi connectivity index (χ2v) is 5.28. The van der Waals surface area contributed by atoms with Crippen LogP contribution in [0.25, 0.3) is 0 Å². The highest BCUT2D eigenvalue weighted by atomic mass is 32.2. The third kappa shape index (κ3) is 3.92. The van der Waals surface area contributed by atoms with E-state index < -0.39 is 6.10 Å². The summed E-state index contributed by atoms with van der Waals surface area (Å²) in [6.07, 6.45) is 1.50. The molecule has 0 aliphatic rings. The molecule has 1 atom stereocenters. The Balaban J connectivity index is 1.95. The molecule has 4 heteroatoms. The van der Waals surface area contributed by atoms with Gasteiger partial charge in [-0.3, -0.25) is 0 Å². The Morgan fingerprint density at radius 3 is 2.60 bits per heavy atom. The molecule has 20 heavy (non-hydrogen) atoms. The number of hydrogen-bond donors (Lipinski definition) is 2. The van der Waals surface area contributed by atoms with E-state index >= 15 is 0 Å². The minimum absolute atomic E-state index is 0.476. The summed E-state index contributed by atoms with van der Waals surface area (Å²) in [5.41, 5.74) is 1.89. The smallest absolute Gasteiger partial charge is 0.118 e. The van der Waals surface area contributed by atoms with Crippen molar-refractivity contribution in [3.05, 3.63) is 54.1 Å². The van der Waals surface area contributed by atoms with Crippen molar-refractivity contribution in [2.45, 2.75) is 11.0 Å². The van der Waals surface area contributed by atoms with E-state index in [0.717, 1.165) is 17.0 Å². The van der Waals surface area contributed by atoms with E-state index in [4.69, 9.17) is 4.74 Å². The Labute approximate surface area is 124 Å². The molecule has 0 spiro atoms. The van der Waals surface area contributed by atoms with Gasteiger partial charge in [0.2, 0.25) is 0 Å². The summed E-state index contributed by atoms with van der Waals surface area (Å²) in [7, 11) is 1.63. The van der Waals surface area contributed by atoms with Crippen LogP contribution in [-0.2, 0) is 0 Å². The maximum absolute atomic E-state index is 10.2. The van der Waals surface area contributed by atoms with Gasteiger partial charge in [-0.25, -0.2) is 0 Å². The van der Waals surface area contributed by atoms with Gasteiger partial charge in [0, 0.05) is 17.1 Å². The van der Waals surface area contributed by atoms with Crippen molar-refractivity contribution in [2.24, 2.45) is 0 Å². The number of thioether (sulfide) groups is 1. The standard InChI is InChI=1S/C16H19NO2S/c1-19-14-8-6-12(7-9-14)16(18)11-17-13-4-3-5-15(10-13)20-2/h3-10,16-18H,11H2,1-2H3. The fraction of sp³-hybridized carbons (Fsp3) is 0.250. The number of anilines is 1. The maximum atomic E-state index is 10.2. The van der Waals surface area contributed by atoms with Crippen molar-refractivity contribution in [3.63, 3.8) is 0 Å². The van der Waals surface area contributed by atoms with Gasteiger partial charge in [0.25, 0.3) is 0 Å². The average Bonchev–Trinajstić information content (AvgIpc) is 2.53. The Kier molecular flexibility index (Phi) is 5.32. The van der Waals surface area contributed by atoms with Crippen molar-refractivity contribution in [1.82, 2.24) is 0 Å². The molecule has 0 radical (unpaired) electrons. The molecular weight excluding hydrogens is 270 g/mol. The van der Waals surface area contributed by atoms with Crippen molar-refractivity contribution in [1.29, 1.82) is 0 Å². The SMILES string of the molecule is COc1ccc(C(O)CNc2cccc(SC)c2)cc1. The van der Waals surface area contributed by atoms with Gasteiger partial charge in [-0.1, -0.05) is 18.2 Å². The van der Waals surface area contributed by atoms with Crippen LogP contribution in [0.3, 0.4) is 0 Å². The fourth-order valence-electron chi connectivity index (χ4n) is 1.89. The van der Waals surface area contributed by atoms with Gasteiger partial charge < -0.3 is 15.2 Å². The molecular formula is C16H19NO2S. The summed E-state index contributed by atoms with van der Waals surface area (Å²) in [5.74, 6) is 0.793. The summed E-state index contributed by atoms with van der Waals surface area (Å²) in [6, 6.07) is 15.6. The van der Waals surface area contributed by atoms with Crippen molar-refractivity contribution < 1.29 is 9.84 Å². The molecule has 0 heterocycles. The van der Waals surface area contributed by atoms with Crippen LogP contribution >= 0.6 is 11.8 Å². The topological polar surface area (TPSA) is 41.5 Å². The predicted molar refractivity (Wildman–Crippen MR) is 84.7 cm³/mol. The summed E-state index contributed by atoms with van der Waals surface area (Å²) in [4.78, 5) is 1.20. The zero-order valence-corrected chi connectivity index (χ0v) is 12.5. The first-order valence-corrected chi connectivity index (χ1v) is 7.65. The average molecular weight is 289 g/mol. The lowest BCUT2D eigenvalue weighted by molar-refractivity contribution is 0.191. The predicted octanol–water partition coefficient (Wildman–Crippen LogP) is 3.56. The largest absolute Gasteiger partial charge is 0.497 e. The molecule has 0 saturated carbocycles. The minimum Gasteiger partial charge on any atom is -0.497 e. The number of hydrogen-bond acceptors (Lipinski definition) is 4. The van der Waals surface area contributed by atoms with Crippen LogP contribution in [0.4, 0.5) is 5.69 Å². The Hall–Kier alpha value is -1.65. The van der Waals surface area contributed by atoms with Gasteiger partial charge in [-0.05, 0) is 42.2 Å². The summed E-state index contributed by atoms with van der Waals surface area (Å²) < 4.78 is 5.10. The fourth-order valence-corrected chi connectivity index (χ4v) is 2.35.